The number of hydroxylamine groups is 1. The maximum absolute atomic E-state index is 13.1. The highest BCUT2D eigenvalue weighted by Gasteiger charge is 2.31. The summed E-state index contributed by atoms with van der Waals surface area (Å²) in [7, 11) is -3.85. The first kappa shape index (κ1) is 19.6. The van der Waals surface area contributed by atoms with E-state index in [1.54, 1.807) is 24.3 Å². The highest BCUT2D eigenvalue weighted by atomic mass is 35.5. The maximum Gasteiger partial charge on any atom is 0.247 e. The number of carbonyl (C=O) groups is 1. The lowest BCUT2D eigenvalue weighted by atomic mass is 10.2. The first-order valence-corrected chi connectivity index (χ1v) is 10.2. The SMILES string of the molecule is CC(=O)N(O)c1ccccc1S(=O)(=O)N1CCN(c2ccc(Cl)cc2)CC1. The van der Waals surface area contributed by atoms with E-state index in [2.05, 4.69) is 4.90 Å². The van der Waals surface area contributed by atoms with Crippen molar-refractivity contribution in [1.82, 2.24) is 4.31 Å². The first-order chi connectivity index (χ1) is 12.8. The Labute approximate surface area is 163 Å². The van der Waals surface area contributed by atoms with Crippen LogP contribution in [0.15, 0.2) is 53.4 Å². The summed E-state index contributed by atoms with van der Waals surface area (Å²) in [6.07, 6.45) is 0. The Kier molecular flexibility index (Phi) is 5.71. The fourth-order valence-electron chi connectivity index (χ4n) is 3.00. The van der Waals surface area contributed by atoms with Gasteiger partial charge in [-0.25, -0.2) is 8.42 Å². The van der Waals surface area contributed by atoms with Crippen molar-refractivity contribution < 1.29 is 18.4 Å². The molecule has 1 amide bonds. The average Bonchev–Trinajstić information content (AvgIpc) is 2.68. The third-order valence-corrected chi connectivity index (χ3v) is 6.64. The third-order valence-electron chi connectivity index (χ3n) is 4.44. The van der Waals surface area contributed by atoms with Gasteiger partial charge in [0, 0.05) is 43.8 Å². The van der Waals surface area contributed by atoms with Crippen molar-refractivity contribution in [1.29, 1.82) is 0 Å². The van der Waals surface area contributed by atoms with Crippen LogP contribution < -0.4 is 9.96 Å². The number of anilines is 2. The van der Waals surface area contributed by atoms with Gasteiger partial charge < -0.3 is 4.90 Å². The molecule has 0 spiro atoms. The quantitative estimate of drug-likeness (QED) is 0.620. The summed E-state index contributed by atoms with van der Waals surface area (Å²) < 4.78 is 27.5. The normalized spacial score (nSPS) is 15.6. The molecule has 27 heavy (non-hydrogen) atoms. The minimum absolute atomic E-state index is 0.0508. The Bertz CT molecular complexity index is 926. The number of amides is 1. The number of sulfonamides is 1. The van der Waals surface area contributed by atoms with Gasteiger partial charge in [0.2, 0.25) is 15.9 Å². The number of nitrogens with zero attached hydrogens (tertiary/aromatic N) is 3. The van der Waals surface area contributed by atoms with Crippen LogP contribution in [0.5, 0.6) is 0 Å². The molecular weight excluding hydrogens is 390 g/mol. The Hall–Kier alpha value is -2.13. The molecule has 1 aliphatic rings. The number of hydrogen-bond acceptors (Lipinski definition) is 5. The fourth-order valence-corrected chi connectivity index (χ4v) is 4.72. The summed E-state index contributed by atoms with van der Waals surface area (Å²) in [6.45, 7) is 2.81. The Balaban J connectivity index is 1.80. The molecule has 0 atom stereocenters. The summed E-state index contributed by atoms with van der Waals surface area (Å²) in [4.78, 5) is 13.5. The highest BCUT2D eigenvalue weighted by Crippen LogP contribution is 2.28. The second-order valence-electron chi connectivity index (χ2n) is 6.17. The van der Waals surface area contributed by atoms with Crippen LogP contribution in [0.4, 0.5) is 11.4 Å². The van der Waals surface area contributed by atoms with E-state index in [9.17, 15) is 18.4 Å². The predicted octanol–water partition coefficient (Wildman–Crippen LogP) is 2.59. The lowest BCUT2D eigenvalue weighted by molar-refractivity contribution is -0.121. The number of hydrogen-bond donors (Lipinski definition) is 1. The van der Waals surface area contributed by atoms with Crippen LogP contribution in [0, 0.1) is 0 Å². The van der Waals surface area contributed by atoms with Gasteiger partial charge in [0.1, 0.15) is 4.90 Å². The van der Waals surface area contributed by atoms with Crippen molar-refractivity contribution in [2.24, 2.45) is 0 Å². The molecule has 0 bridgehead atoms. The van der Waals surface area contributed by atoms with E-state index >= 15 is 0 Å². The molecule has 2 aromatic carbocycles. The molecule has 0 aromatic heterocycles. The molecule has 9 heteroatoms. The van der Waals surface area contributed by atoms with E-state index in [4.69, 9.17) is 11.6 Å². The molecule has 3 rings (SSSR count). The molecule has 1 N–H and O–H groups in total. The van der Waals surface area contributed by atoms with Crippen LogP contribution in [-0.2, 0) is 14.8 Å². The van der Waals surface area contributed by atoms with Crippen LogP contribution in [0.25, 0.3) is 0 Å². The number of carbonyl (C=O) groups excluding carboxylic acids is 1. The lowest BCUT2D eigenvalue weighted by Gasteiger charge is -2.35. The van der Waals surface area contributed by atoms with E-state index < -0.39 is 15.9 Å². The van der Waals surface area contributed by atoms with E-state index in [1.165, 1.54) is 16.4 Å². The van der Waals surface area contributed by atoms with Gasteiger partial charge in [-0.15, -0.1) is 0 Å². The maximum atomic E-state index is 13.1. The Morgan fingerprint density at radius 3 is 2.22 bits per heavy atom. The molecule has 2 aromatic rings. The second-order valence-corrected chi connectivity index (χ2v) is 8.51. The van der Waals surface area contributed by atoms with Crippen molar-refractivity contribution in [2.45, 2.75) is 11.8 Å². The molecule has 1 fully saturated rings. The number of halogens is 1. The molecule has 7 nitrogen and oxygen atoms in total. The minimum Gasteiger partial charge on any atom is -0.369 e. The highest BCUT2D eigenvalue weighted by molar-refractivity contribution is 7.89. The predicted molar refractivity (Wildman–Crippen MR) is 104 cm³/mol. The van der Waals surface area contributed by atoms with Crippen molar-refractivity contribution in [3.05, 3.63) is 53.6 Å². The summed E-state index contributed by atoms with van der Waals surface area (Å²) in [5, 5.41) is 10.9. The monoisotopic (exact) mass is 409 g/mol. The van der Waals surface area contributed by atoms with Crippen molar-refractivity contribution in [3.63, 3.8) is 0 Å². The van der Waals surface area contributed by atoms with Gasteiger partial charge in [-0.3, -0.25) is 10.0 Å². The van der Waals surface area contributed by atoms with Crippen molar-refractivity contribution >= 4 is 38.9 Å². The van der Waals surface area contributed by atoms with Crippen LogP contribution in [-0.4, -0.2) is 50.0 Å². The smallest absolute Gasteiger partial charge is 0.247 e. The van der Waals surface area contributed by atoms with Gasteiger partial charge in [0.25, 0.3) is 0 Å². The van der Waals surface area contributed by atoms with Gasteiger partial charge in [-0.1, -0.05) is 23.7 Å². The summed E-state index contributed by atoms with van der Waals surface area (Å²) in [5.74, 6) is -0.662. The van der Waals surface area contributed by atoms with Crippen molar-refractivity contribution in [2.75, 3.05) is 36.1 Å². The summed E-state index contributed by atoms with van der Waals surface area (Å²) in [5.41, 5.74) is 0.931. The Morgan fingerprint density at radius 1 is 1.04 bits per heavy atom. The van der Waals surface area contributed by atoms with E-state index in [-0.39, 0.29) is 10.6 Å². The standard InChI is InChI=1S/C18H20ClN3O4S/c1-14(23)22(24)17-4-2-3-5-18(17)27(25,26)21-12-10-20(11-13-21)16-8-6-15(19)7-9-16/h2-9,24H,10-13H2,1H3. The Morgan fingerprint density at radius 2 is 1.63 bits per heavy atom. The zero-order valence-corrected chi connectivity index (χ0v) is 16.3. The van der Waals surface area contributed by atoms with E-state index in [0.29, 0.717) is 36.3 Å². The van der Waals surface area contributed by atoms with Gasteiger partial charge in [0.05, 0.1) is 5.69 Å². The molecule has 0 aliphatic carbocycles. The molecule has 0 radical (unpaired) electrons. The van der Waals surface area contributed by atoms with Gasteiger partial charge in [0.15, 0.2) is 0 Å². The molecule has 144 valence electrons. The van der Waals surface area contributed by atoms with Crippen LogP contribution in [0.1, 0.15) is 6.92 Å². The van der Waals surface area contributed by atoms with Gasteiger partial charge in [-0.05, 0) is 36.4 Å². The average molecular weight is 410 g/mol. The summed E-state index contributed by atoms with van der Waals surface area (Å²) >= 11 is 5.91. The van der Waals surface area contributed by atoms with Crippen LogP contribution >= 0.6 is 11.6 Å². The molecule has 1 saturated heterocycles. The second kappa shape index (κ2) is 7.85. The van der Waals surface area contributed by atoms with E-state index in [0.717, 1.165) is 12.6 Å². The first-order valence-electron chi connectivity index (χ1n) is 8.40. The molecule has 1 heterocycles. The number of rotatable bonds is 4. The number of para-hydroxylation sites is 1. The lowest BCUT2D eigenvalue weighted by Crippen LogP contribution is -2.48. The zero-order valence-electron chi connectivity index (χ0n) is 14.7. The topological polar surface area (TPSA) is 81.2 Å². The van der Waals surface area contributed by atoms with E-state index in [1.807, 2.05) is 12.1 Å². The molecule has 0 unspecified atom stereocenters. The van der Waals surface area contributed by atoms with Crippen LogP contribution in [0.2, 0.25) is 5.02 Å². The fraction of sp³-hybridized carbons (Fsp3) is 0.278. The largest absolute Gasteiger partial charge is 0.369 e. The van der Waals surface area contributed by atoms with Crippen LogP contribution in [0.3, 0.4) is 0 Å². The van der Waals surface area contributed by atoms with Crippen molar-refractivity contribution in [3.8, 4) is 0 Å². The summed E-state index contributed by atoms with van der Waals surface area (Å²) in [6, 6.07) is 13.3. The third kappa shape index (κ3) is 4.08. The van der Waals surface area contributed by atoms with Gasteiger partial charge in [-0.2, -0.15) is 9.37 Å². The number of piperazine rings is 1. The molecule has 0 saturated carbocycles. The minimum atomic E-state index is -3.85. The number of benzene rings is 2. The molecular formula is C18H20ClN3O4S. The molecule has 1 aliphatic heterocycles. The van der Waals surface area contributed by atoms with Gasteiger partial charge >= 0.3 is 0 Å². The zero-order chi connectivity index (χ0) is 19.6.